The number of hydrogen-bond donors (Lipinski definition) is 0. The molecule has 0 saturated carbocycles. The summed E-state index contributed by atoms with van der Waals surface area (Å²) in [5.41, 5.74) is 14.9. The van der Waals surface area contributed by atoms with Gasteiger partial charge in [-0.05, 0) is 61.8 Å². The van der Waals surface area contributed by atoms with E-state index in [1.807, 2.05) is 18.3 Å². The molecule has 0 unspecified atom stereocenters. The van der Waals surface area contributed by atoms with Crippen LogP contribution in [0.1, 0.15) is 0 Å². The fraction of sp³-hybridized carbons (Fsp3) is 0. The van der Waals surface area contributed by atoms with Crippen molar-refractivity contribution in [2.24, 2.45) is 0 Å². The number of furan rings is 1. The number of fused-ring (bicyclic) bond motifs is 9. The molecule has 0 aliphatic rings. The second-order valence-electron chi connectivity index (χ2n) is 14.1. The summed E-state index contributed by atoms with van der Waals surface area (Å²) in [6.07, 6.45) is 1.91. The molecule has 3 heteroatoms. The van der Waals surface area contributed by atoms with Crippen LogP contribution >= 0.6 is 0 Å². The van der Waals surface area contributed by atoms with E-state index in [9.17, 15) is 0 Å². The normalized spacial score (nSPS) is 11.6. The van der Waals surface area contributed by atoms with Gasteiger partial charge in [0.1, 0.15) is 11.2 Å². The van der Waals surface area contributed by atoms with Gasteiger partial charge in [-0.2, -0.15) is 0 Å². The van der Waals surface area contributed by atoms with Crippen molar-refractivity contribution in [1.29, 1.82) is 0 Å². The number of nitrogens with zero attached hydrogens (tertiary/aromatic N) is 2. The molecule has 2 aromatic heterocycles. The van der Waals surface area contributed by atoms with Crippen LogP contribution < -0.4 is 0 Å². The van der Waals surface area contributed by atoms with Gasteiger partial charge in [0, 0.05) is 32.7 Å². The lowest BCUT2D eigenvalue weighted by molar-refractivity contribution is 0.670. The Morgan fingerprint density at radius 2 is 0.800 bits per heavy atom. The van der Waals surface area contributed by atoms with Gasteiger partial charge in [-0.1, -0.05) is 176 Å². The molecule has 0 N–H and O–H groups in total. The Bertz CT molecular complexity index is 3200. The van der Waals surface area contributed by atoms with Crippen LogP contribution in [0.15, 0.2) is 199 Å². The lowest BCUT2D eigenvalue weighted by Gasteiger charge is -2.11. The third-order valence-corrected chi connectivity index (χ3v) is 11.0. The average molecular weight is 701 g/mol. The molecule has 0 fully saturated rings. The monoisotopic (exact) mass is 700 g/mol. The molecule has 0 aliphatic heterocycles. The quantitative estimate of drug-likeness (QED) is 0.168. The Hall–Kier alpha value is -7.36. The van der Waals surface area contributed by atoms with Crippen molar-refractivity contribution < 1.29 is 4.42 Å². The fourth-order valence-corrected chi connectivity index (χ4v) is 8.15. The molecule has 3 nitrogen and oxygen atoms in total. The summed E-state index contributed by atoms with van der Waals surface area (Å²) in [6, 6.07) is 66.6. The first kappa shape index (κ1) is 31.2. The van der Waals surface area contributed by atoms with Crippen LogP contribution in [0.2, 0.25) is 0 Å². The average Bonchev–Trinajstić information content (AvgIpc) is 3.66. The number of rotatable bonds is 5. The fourth-order valence-electron chi connectivity index (χ4n) is 8.15. The second kappa shape index (κ2) is 12.6. The van der Waals surface area contributed by atoms with Crippen molar-refractivity contribution >= 4 is 54.5 Å². The Labute approximate surface area is 317 Å². The molecule has 11 rings (SSSR count). The summed E-state index contributed by atoms with van der Waals surface area (Å²) in [5, 5.41) is 6.94. The van der Waals surface area contributed by atoms with Crippen molar-refractivity contribution in [2.75, 3.05) is 0 Å². The van der Waals surface area contributed by atoms with Crippen LogP contribution in [0, 0.1) is 0 Å². The summed E-state index contributed by atoms with van der Waals surface area (Å²) >= 11 is 0. The van der Waals surface area contributed by atoms with Crippen molar-refractivity contribution in [3.05, 3.63) is 194 Å². The zero-order chi connectivity index (χ0) is 36.3. The molecule has 0 radical (unpaired) electrons. The molecule has 0 bridgehead atoms. The number of benzene rings is 9. The highest BCUT2D eigenvalue weighted by molar-refractivity contribution is 6.23. The lowest BCUT2D eigenvalue weighted by Crippen LogP contribution is -1.92. The molecule has 0 spiro atoms. The molecule has 0 saturated heterocycles. The lowest BCUT2D eigenvalue weighted by atomic mass is 9.96. The van der Waals surface area contributed by atoms with Crippen LogP contribution in [-0.2, 0) is 0 Å². The van der Waals surface area contributed by atoms with E-state index < -0.39 is 0 Å². The molecule has 256 valence electrons. The van der Waals surface area contributed by atoms with Gasteiger partial charge in [-0.3, -0.25) is 4.98 Å². The van der Waals surface area contributed by atoms with E-state index in [0.29, 0.717) is 0 Å². The van der Waals surface area contributed by atoms with Gasteiger partial charge in [0.25, 0.3) is 0 Å². The number of hydrogen-bond acceptors (Lipinski definition) is 3. The second-order valence-corrected chi connectivity index (χ2v) is 14.1. The highest BCUT2D eigenvalue weighted by atomic mass is 16.3. The Morgan fingerprint density at radius 3 is 1.44 bits per heavy atom. The van der Waals surface area contributed by atoms with Gasteiger partial charge < -0.3 is 4.42 Å². The van der Waals surface area contributed by atoms with Crippen molar-refractivity contribution in [2.45, 2.75) is 0 Å². The van der Waals surface area contributed by atoms with E-state index in [-0.39, 0.29) is 0 Å². The molecular weight excluding hydrogens is 669 g/mol. The SMILES string of the molecule is c1cc(-c2ccc(-c3ccc(-c4ccc(-c5cccc6c5oc5ccccc56)cc4)cc3)cc2)cc(-c2cnc3c4ccccc4c4ccccc4c3n2)c1. The zero-order valence-electron chi connectivity index (χ0n) is 29.8. The van der Waals surface area contributed by atoms with E-state index in [0.717, 1.165) is 77.3 Å². The summed E-state index contributed by atoms with van der Waals surface area (Å²) < 4.78 is 6.29. The van der Waals surface area contributed by atoms with Crippen LogP contribution in [0.5, 0.6) is 0 Å². The van der Waals surface area contributed by atoms with Gasteiger partial charge in [0.15, 0.2) is 0 Å². The molecular formula is C52H32N2O. The topological polar surface area (TPSA) is 38.9 Å². The number of aromatic nitrogens is 2. The van der Waals surface area contributed by atoms with Crippen molar-refractivity contribution in [3.8, 4) is 55.8 Å². The summed E-state index contributed by atoms with van der Waals surface area (Å²) in [6.45, 7) is 0. The first-order valence-electron chi connectivity index (χ1n) is 18.6. The van der Waals surface area contributed by atoms with Crippen LogP contribution in [0.4, 0.5) is 0 Å². The molecule has 0 atom stereocenters. The van der Waals surface area contributed by atoms with E-state index in [1.54, 1.807) is 0 Å². The zero-order valence-corrected chi connectivity index (χ0v) is 29.8. The van der Waals surface area contributed by atoms with Gasteiger partial charge in [0.05, 0.1) is 22.9 Å². The first-order chi connectivity index (χ1) is 27.2. The van der Waals surface area contributed by atoms with Crippen LogP contribution in [-0.4, -0.2) is 9.97 Å². The third kappa shape index (κ3) is 5.28. The van der Waals surface area contributed by atoms with Gasteiger partial charge >= 0.3 is 0 Å². The van der Waals surface area contributed by atoms with Crippen LogP contribution in [0.3, 0.4) is 0 Å². The van der Waals surface area contributed by atoms with Gasteiger partial charge in [-0.15, -0.1) is 0 Å². The van der Waals surface area contributed by atoms with E-state index in [4.69, 9.17) is 14.4 Å². The van der Waals surface area contributed by atoms with E-state index >= 15 is 0 Å². The van der Waals surface area contributed by atoms with Crippen molar-refractivity contribution in [3.63, 3.8) is 0 Å². The molecule has 55 heavy (non-hydrogen) atoms. The molecule has 0 aliphatic carbocycles. The van der Waals surface area contributed by atoms with Gasteiger partial charge in [0.2, 0.25) is 0 Å². The highest BCUT2D eigenvalue weighted by Crippen LogP contribution is 2.38. The summed E-state index contributed by atoms with van der Waals surface area (Å²) in [4.78, 5) is 10.2. The van der Waals surface area contributed by atoms with E-state index in [1.165, 1.54) is 33.0 Å². The molecule has 9 aromatic carbocycles. The minimum absolute atomic E-state index is 0.865. The maximum Gasteiger partial charge on any atom is 0.143 e. The predicted octanol–water partition coefficient (Wildman–Crippen LogP) is 14.2. The largest absolute Gasteiger partial charge is 0.455 e. The Balaban J connectivity index is 0.848. The third-order valence-electron chi connectivity index (χ3n) is 11.0. The maximum absolute atomic E-state index is 6.29. The standard InChI is InChI=1S/C52H32N2O/c1-3-14-45-42(11-1)43-12-2-4-15-46(43)51-50(45)53-32-48(54-51)40-10-7-9-39(31-40)37-25-23-35(24-26-37)33-19-21-34(22-20-33)36-27-29-38(30-28-36)41-16-8-17-47-44-13-5-6-18-49(44)55-52(41)47/h1-32H. The number of para-hydroxylation sites is 2. The van der Waals surface area contributed by atoms with Gasteiger partial charge in [-0.25, -0.2) is 4.98 Å². The maximum atomic E-state index is 6.29. The molecule has 11 aromatic rings. The predicted molar refractivity (Wildman–Crippen MR) is 229 cm³/mol. The highest BCUT2D eigenvalue weighted by Gasteiger charge is 2.14. The minimum atomic E-state index is 0.865. The summed E-state index contributed by atoms with van der Waals surface area (Å²) in [5.74, 6) is 0. The van der Waals surface area contributed by atoms with Crippen LogP contribution in [0.25, 0.3) is 110 Å². The minimum Gasteiger partial charge on any atom is -0.455 e. The molecule has 2 heterocycles. The first-order valence-corrected chi connectivity index (χ1v) is 18.6. The Morgan fingerprint density at radius 1 is 0.327 bits per heavy atom. The summed E-state index contributed by atoms with van der Waals surface area (Å²) in [7, 11) is 0. The Kier molecular flexibility index (Phi) is 7.17. The smallest absolute Gasteiger partial charge is 0.143 e. The van der Waals surface area contributed by atoms with Crippen molar-refractivity contribution in [1.82, 2.24) is 9.97 Å². The molecule has 0 amide bonds. The van der Waals surface area contributed by atoms with E-state index in [2.05, 4.69) is 176 Å².